The molecule has 1 unspecified atom stereocenters. The fourth-order valence-corrected chi connectivity index (χ4v) is 2.47. The van der Waals surface area contributed by atoms with Crippen molar-refractivity contribution >= 4 is 11.0 Å². The molecule has 0 saturated heterocycles. The maximum Gasteiger partial charge on any atom is 0.383 e. The lowest BCUT2D eigenvalue weighted by Crippen LogP contribution is -2.15. The Balaban J connectivity index is 2.11. The van der Waals surface area contributed by atoms with Gasteiger partial charge in [0.15, 0.2) is 5.75 Å². The average Bonchev–Trinajstić information content (AvgIpc) is 2.64. The van der Waals surface area contributed by atoms with Gasteiger partial charge in [-0.25, -0.2) is 4.79 Å². The highest BCUT2D eigenvalue weighted by Gasteiger charge is 2.16. The second kappa shape index (κ2) is 10.0. The van der Waals surface area contributed by atoms with Gasteiger partial charge in [-0.2, -0.15) is 0 Å². The molecule has 7 nitrogen and oxygen atoms in total. The molecule has 144 valence electrons. The summed E-state index contributed by atoms with van der Waals surface area (Å²) in [6.07, 6.45) is 3.41. The van der Waals surface area contributed by atoms with Gasteiger partial charge < -0.3 is 29.2 Å². The number of aliphatic hydroxyl groups excluding tert-OH is 2. The molecule has 2 rings (SSSR count). The Labute approximate surface area is 151 Å². The summed E-state index contributed by atoms with van der Waals surface area (Å²) in [7, 11) is 0. The van der Waals surface area contributed by atoms with Crippen LogP contribution in [-0.2, 0) is 0 Å². The van der Waals surface area contributed by atoms with E-state index in [-0.39, 0.29) is 36.7 Å². The second-order valence-corrected chi connectivity index (χ2v) is 6.11. The molecule has 0 aliphatic carbocycles. The third kappa shape index (κ3) is 5.37. The van der Waals surface area contributed by atoms with E-state index in [0.29, 0.717) is 17.7 Å². The topological polar surface area (TPSA) is 109 Å². The van der Waals surface area contributed by atoms with Crippen LogP contribution in [0, 0.1) is 0 Å². The fraction of sp³-hybridized carbons (Fsp3) is 0.526. The molecule has 1 aromatic carbocycles. The molecule has 0 bridgehead atoms. The molecule has 0 amide bonds. The lowest BCUT2D eigenvalue weighted by Gasteiger charge is -2.11. The van der Waals surface area contributed by atoms with Crippen LogP contribution in [0.2, 0.25) is 0 Å². The van der Waals surface area contributed by atoms with Gasteiger partial charge in [0, 0.05) is 6.42 Å². The molecule has 1 aromatic heterocycles. The van der Waals surface area contributed by atoms with E-state index in [1.165, 1.54) is 6.07 Å². The third-order valence-corrected chi connectivity index (χ3v) is 3.98. The summed E-state index contributed by atoms with van der Waals surface area (Å²) in [5.41, 5.74) is -0.487. The SMILES string of the molecule is CCCCCCOc1c(O)c2cc(OCCC(O)CO)ccc2oc1=O. The van der Waals surface area contributed by atoms with Crippen molar-refractivity contribution in [3.8, 4) is 17.2 Å². The first-order valence-corrected chi connectivity index (χ1v) is 8.91. The lowest BCUT2D eigenvalue weighted by atomic mass is 10.2. The summed E-state index contributed by atoms with van der Waals surface area (Å²) < 4.78 is 16.1. The maximum atomic E-state index is 12.0. The number of ether oxygens (including phenoxy) is 2. The number of aromatic hydroxyl groups is 1. The standard InChI is InChI=1S/C19H26O7/c1-2-3-4-5-9-25-18-17(22)15-11-14(24-10-8-13(21)12-20)6-7-16(15)26-19(18)23/h6-7,11,13,20-22H,2-5,8-10,12H2,1H3. The number of fused-ring (bicyclic) bond motifs is 1. The summed E-state index contributed by atoms with van der Waals surface area (Å²) in [4.78, 5) is 12.0. The Bertz CT molecular complexity index is 753. The average molecular weight is 366 g/mol. The van der Waals surface area contributed by atoms with Gasteiger partial charge in [-0.3, -0.25) is 0 Å². The van der Waals surface area contributed by atoms with E-state index in [4.69, 9.17) is 19.0 Å². The maximum absolute atomic E-state index is 12.0. The molecule has 1 atom stereocenters. The first-order valence-electron chi connectivity index (χ1n) is 8.91. The Kier molecular flexibility index (Phi) is 7.74. The minimum atomic E-state index is -0.838. The number of hydrogen-bond acceptors (Lipinski definition) is 7. The Morgan fingerprint density at radius 1 is 1.15 bits per heavy atom. The first kappa shape index (κ1) is 20.1. The lowest BCUT2D eigenvalue weighted by molar-refractivity contribution is 0.0754. The van der Waals surface area contributed by atoms with Crippen molar-refractivity contribution in [2.75, 3.05) is 19.8 Å². The van der Waals surface area contributed by atoms with Crippen molar-refractivity contribution in [3.63, 3.8) is 0 Å². The predicted molar refractivity (Wildman–Crippen MR) is 97.0 cm³/mol. The van der Waals surface area contributed by atoms with Gasteiger partial charge in [-0.05, 0) is 24.6 Å². The van der Waals surface area contributed by atoms with Crippen LogP contribution in [0.3, 0.4) is 0 Å². The van der Waals surface area contributed by atoms with Gasteiger partial charge in [0.2, 0.25) is 5.75 Å². The fourth-order valence-electron chi connectivity index (χ4n) is 2.47. The molecule has 0 radical (unpaired) electrons. The molecule has 26 heavy (non-hydrogen) atoms. The highest BCUT2D eigenvalue weighted by Crippen LogP contribution is 2.33. The van der Waals surface area contributed by atoms with E-state index in [1.54, 1.807) is 12.1 Å². The second-order valence-electron chi connectivity index (χ2n) is 6.11. The van der Waals surface area contributed by atoms with Crippen molar-refractivity contribution in [2.45, 2.75) is 45.1 Å². The van der Waals surface area contributed by atoms with Crippen molar-refractivity contribution in [2.24, 2.45) is 0 Å². The molecular formula is C19H26O7. The van der Waals surface area contributed by atoms with Gasteiger partial charge >= 0.3 is 5.63 Å². The molecule has 2 aromatic rings. The molecule has 0 spiro atoms. The Morgan fingerprint density at radius 3 is 2.69 bits per heavy atom. The van der Waals surface area contributed by atoms with Crippen LogP contribution in [0.15, 0.2) is 27.4 Å². The minimum Gasteiger partial charge on any atom is -0.504 e. The van der Waals surface area contributed by atoms with Crippen molar-refractivity contribution in [1.82, 2.24) is 0 Å². The van der Waals surface area contributed by atoms with Crippen molar-refractivity contribution in [1.29, 1.82) is 0 Å². The summed E-state index contributed by atoms with van der Waals surface area (Å²) in [6.45, 7) is 2.31. The zero-order valence-corrected chi connectivity index (χ0v) is 14.9. The molecule has 7 heteroatoms. The number of benzene rings is 1. The first-order chi connectivity index (χ1) is 12.6. The normalized spacial score (nSPS) is 12.3. The summed E-state index contributed by atoms with van der Waals surface area (Å²) >= 11 is 0. The van der Waals surface area contributed by atoms with E-state index < -0.39 is 11.7 Å². The molecule has 0 fully saturated rings. The molecule has 1 heterocycles. The van der Waals surface area contributed by atoms with E-state index in [9.17, 15) is 15.0 Å². The van der Waals surface area contributed by atoms with Gasteiger partial charge in [0.25, 0.3) is 0 Å². The molecule has 0 saturated carbocycles. The summed E-state index contributed by atoms with van der Waals surface area (Å²) in [6, 6.07) is 4.67. The highest BCUT2D eigenvalue weighted by atomic mass is 16.5. The van der Waals surface area contributed by atoms with Crippen LogP contribution >= 0.6 is 0 Å². The van der Waals surface area contributed by atoms with Gasteiger partial charge in [0.05, 0.1) is 31.3 Å². The highest BCUT2D eigenvalue weighted by molar-refractivity contribution is 5.86. The number of unbranched alkanes of at least 4 members (excludes halogenated alkanes) is 3. The smallest absolute Gasteiger partial charge is 0.383 e. The van der Waals surface area contributed by atoms with Gasteiger partial charge in [-0.15, -0.1) is 0 Å². The van der Waals surface area contributed by atoms with E-state index >= 15 is 0 Å². The third-order valence-electron chi connectivity index (χ3n) is 3.98. The van der Waals surface area contributed by atoms with Gasteiger partial charge in [-0.1, -0.05) is 26.2 Å². The predicted octanol–water partition coefficient (Wildman–Crippen LogP) is 2.58. The van der Waals surface area contributed by atoms with Crippen molar-refractivity contribution < 1.29 is 29.2 Å². The van der Waals surface area contributed by atoms with Crippen LogP contribution in [0.25, 0.3) is 11.0 Å². The van der Waals surface area contributed by atoms with Crippen molar-refractivity contribution in [3.05, 3.63) is 28.6 Å². The van der Waals surface area contributed by atoms with Crippen LogP contribution in [0.4, 0.5) is 0 Å². The number of rotatable bonds is 11. The van der Waals surface area contributed by atoms with Crippen LogP contribution in [0.5, 0.6) is 17.2 Å². The number of aliphatic hydroxyl groups is 2. The largest absolute Gasteiger partial charge is 0.504 e. The molecule has 3 N–H and O–H groups in total. The Hall–Kier alpha value is -2.25. The van der Waals surface area contributed by atoms with Crippen LogP contribution in [-0.4, -0.2) is 41.2 Å². The summed E-state index contributed by atoms with van der Waals surface area (Å²) in [5, 5.41) is 28.8. The zero-order chi connectivity index (χ0) is 18.9. The van der Waals surface area contributed by atoms with E-state index in [2.05, 4.69) is 6.92 Å². The van der Waals surface area contributed by atoms with Crippen LogP contribution in [0.1, 0.15) is 39.0 Å². The molecular weight excluding hydrogens is 340 g/mol. The van der Waals surface area contributed by atoms with E-state index in [0.717, 1.165) is 25.7 Å². The zero-order valence-electron chi connectivity index (χ0n) is 14.9. The van der Waals surface area contributed by atoms with Crippen LogP contribution < -0.4 is 15.1 Å². The van der Waals surface area contributed by atoms with E-state index in [1.807, 2.05) is 0 Å². The monoisotopic (exact) mass is 366 g/mol. The molecule has 0 aliphatic heterocycles. The number of hydrogen-bond donors (Lipinski definition) is 3. The van der Waals surface area contributed by atoms with Gasteiger partial charge in [0.1, 0.15) is 11.3 Å². The quantitative estimate of drug-likeness (QED) is 0.414. The molecule has 0 aliphatic rings. The minimum absolute atomic E-state index is 0.193. The Morgan fingerprint density at radius 2 is 1.96 bits per heavy atom. The summed E-state index contributed by atoms with van der Waals surface area (Å²) in [5.74, 6) is -0.0184.